The van der Waals surface area contributed by atoms with E-state index >= 15 is 0 Å². The predicted molar refractivity (Wildman–Crippen MR) is 288 cm³/mol. The Bertz CT molecular complexity index is 2240. The van der Waals surface area contributed by atoms with Gasteiger partial charge in [-0.25, -0.2) is 9.59 Å². The second-order valence-corrected chi connectivity index (χ2v) is 20.2. The number of ether oxygens (including phenoxy) is 4. The molecular formula is C58H74N4O8S2. The second-order valence-electron chi connectivity index (χ2n) is 18.1. The molecule has 0 saturated carbocycles. The Kier molecular flexibility index (Phi) is 25.7. The van der Waals surface area contributed by atoms with Crippen molar-refractivity contribution in [2.45, 2.75) is 166 Å². The van der Waals surface area contributed by atoms with Gasteiger partial charge in [0.1, 0.15) is 23.0 Å². The normalized spacial score (nSPS) is 11.2. The molecule has 2 heterocycles. The molecule has 14 heteroatoms. The topological polar surface area (TPSA) is 149 Å². The van der Waals surface area contributed by atoms with E-state index < -0.39 is 11.9 Å². The minimum Gasteiger partial charge on any atom is -0.494 e. The SMILES string of the molecule is CCCCCCCCCCOc1ccc(C(=O)Oc2ccc(-c3nnc(SCCCCCCCCSc4nnc(-c5ccc(OC(=O)c6ccc(OCCCCCCCCCC)cc6)cc5)o4)o3)cc2)cc1. The molecule has 0 spiro atoms. The Morgan fingerprint density at radius 1 is 0.389 bits per heavy atom. The molecule has 72 heavy (non-hydrogen) atoms. The molecule has 2 aromatic heterocycles. The fourth-order valence-electron chi connectivity index (χ4n) is 7.89. The highest BCUT2D eigenvalue weighted by molar-refractivity contribution is 7.99. The Morgan fingerprint density at radius 3 is 1.07 bits per heavy atom. The van der Waals surface area contributed by atoms with Gasteiger partial charge >= 0.3 is 11.9 Å². The van der Waals surface area contributed by atoms with Gasteiger partial charge in [0.25, 0.3) is 10.4 Å². The fourth-order valence-corrected chi connectivity index (χ4v) is 9.41. The highest BCUT2D eigenvalue weighted by atomic mass is 32.2. The number of rotatable bonds is 37. The highest BCUT2D eigenvalue weighted by Gasteiger charge is 2.15. The molecule has 0 radical (unpaired) electrons. The quantitative estimate of drug-likeness (QED) is 0.0158. The van der Waals surface area contributed by atoms with Crippen LogP contribution in [0, 0.1) is 0 Å². The number of aromatic nitrogens is 4. The Labute approximate surface area is 435 Å². The van der Waals surface area contributed by atoms with Crippen LogP contribution in [0.2, 0.25) is 0 Å². The number of carbonyl (C=O) groups is 2. The first-order valence-corrected chi connectivity index (χ1v) is 28.5. The third-order valence-corrected chi connectivity index (χ3v) is 13.9. The van der Waals surface area contributed by atoms with Crippen molar-refractivity contribution in [1.29, 1.82) is 0 Å². The van der Waals surface area contributed by atoms with E-state index in [-0.39, 0.29) is 0 Å². The minimum absolute atomic E-state index is 0.425. The largest absolute Gasteiger partial charge is 0.494 e. The summed E-state index contributed by atoms with van der Waals surface area (Å²) in [5, 5.41) is 18.0. The number of hydrogen-bond acceptors (Lipinski definition) is 14. The molecule has 0 atom stereocenters. The van der Waals surface area contributed by atoms with E-state index in [4.69, 9.17) is 27.8 Å². The zero-order valence-electron chi connectivity index (χ0n) is 42.5. The average molecular weight is 1020 g/mol. The van der Waals surface area contributed by atoms with E-state index in [0.717, 1.165) is 85.5 Å². The lowest BCUT2D eigenvalue weighted by molar-refractivity contribution is 0.0725. The van der Waals surface area contributed by atoms with Gasteiger partial charge in [-0.3, -0.25) is 0 Å². The number of nitrogens with zero attached hydrogens (tertiary/aromatic N) is 4. The van der Waals surface area contributed by atoms with Crippen molar-refractivity contribution in [1.82, 2.24) is 20.4 Å². The molecule has 386 valence electrons. The zero-order chi connectivity index (χ0) is 50.3. The van der Waals surface area contributed by atoms with Gasteiger partial charge < -0.3 is 27.8 Å². The molecule has 0 unspecified atom stereocenters. The van der Waals surface area contributed by atoms with Crippen molar-refractivity contribution >= 4 is 35.5 Å². The standard InChI is InChI=1S/C58H74N4O8S2/c1-3-5-7-9-11-13-17-21-41-65-49-33-29-47(30-34-49)55(63)67-51-37-25-45(26-38-51)53-59-61-57(69-53)71-43-23-19-15-16-20-24-44-72-58-62-60-54(70-58)46-27-39-52(40-28-46)68-56(64)48-31-35-50(36-32-48)66-42-22-18-14-12-10-8-6-4-2/h25-40H,3-24,41-44H2,1-2H3. The van der Waals surface area contributed by atoms with Crippen LogP contribution >= 0.6 is 23.5 Å². The van der Waals surface area contributed by atoms with E-state index in [2.05, 4.69) is 34.2 Å². The Balaban J connectivity index is 0.768. The summed E-state index contributed by atoms with van der Waals surface area (Å²) in [5.74, 6) is 4.16. The summed E-state index contributed by atoms with van der Waals surface area (Å²) in [6.07, 6.45) is 26.8. The molecule has 0 amide bonds. The summed E-state index contributed by atoms with van der Waals surface area (Å²) in [5.41, 5.74) is 2.43. The summed E-state index contributed by atoms with van der Waals surface area (Å²) in [6, 6.07) is 28.3. The van der Waals surface area contributed by atoms with Crippen LogP contribution in [0.5, 0.6) is 23.0 Å². The maximum Gasteiger partial charge on any atom is 0.343 e. The van der Waals surface area contributed by atoms with Crippen molar-refractivity contribution < 1.29 is 37.4 Å². The van der Waals surface area contributed by atoms with Crippen molar-refractivity contribution in [2.75, 3.05) is 24.7 Å². The molecule has 0 aliphatic heterocycles. The van der Waals surface area contributed by atoms with E-state index in [0.29, 0.717) is 58.1 Å². The van der Waals surface area contributed by atoms with Gasteiger partial charge in [0.05, 0.1) is 24.3 Å². The lowest BCUT2D eigenvalue weighted by atomic mass is 10.1. The van der Waals surface area contributed by atoms with Gasteiger partial charge in [0, 0.05) is 22.6 Å². The monoisotopic (exact) mass is 1020 g/mol. The number of unbranched alkanes of at least 4 members (excludes halogenated alkanes) is 19. The van der Waals surface area contributed by atoms with Crippen molar-refractivity contribution in [3.05, 3.63) is 108 Å². The number of hydrogen-bond donors (Lipinski definition) is 0. The van der Waals surface area contributed by atoms with E-state index in [9.17, 15) is 9.59 Å². The lowest BCUT2D eigenvalue weighted by Gasteiger charge is -2.08. The highest BCUT2D eigenvalue weighted by Crippen LogP contribution is 2.29. The van der Waals surface area contributed by atoms with Crippen LogP contribution in [-0.2, 0) is 0 Å². The fraction of sp³-hybridized carbons (Fsp3) is 0.483. The first-order valence-electron chi connectivity index (χ1n) is 26.5. The van der Waals surface area contributed by atoms with E-state index in [1.807, 2.05) is 48.5 Å². The van der Waals surface area contributed by atoms with Crippen molar-refractivity contribution in [2.24, 2.45) is 0 Å². The van der Waals surface area contributed by atoms with Crippen LogP contribution < -0.4 is 18.9 Å². The van der Waals surface area contributed by atoms with Crippen LogP contribution in [0.1, 0.15) is 176 Å². The summed E-state index contributed by atoms with van der Waals surface area (Å²) < 4.78 is 34.8. The maximum atomic E-state index is 12.8. The molecule has 0 fully saturated rings. The predicted octanol–water partition coefficient (Wildman–Crippen LogP) is 16.5. The van der Waals surface area contributed by atoms with Crippen LogP contribution in [0.4, 0.5) is 0 Å². The number of benzene rings is 4. The van der Waals surface area contributed by atoms with Crippen molar-refractivity contribution in [3.63, 3.8) is 0 Å². The van der Waals surface area contributed by atoms with Crippen LogP contribution in [0.3, 0.4) is 0 Å². The molecule has 6 rings (SSSR count). The Morgan fingerprint density at radius 2 is 0.708 bits per heavy atom. The second kappa shape index (κ2) is 33.2. The van der Waals surface area contributed by atoms with Gasteiger partial charge in [-0.1, -0.05) is 153 Å². The van der Waals surface area contributed by atoms with E-state index in [1.54, 1.807) is 72.1 Å². The van der Waals surface area contributed by atoms with Crippen LogP contribution in [0.25, 0.3) is 22.9 Å². The van der Waals surface area contributed by atoms with Gasteiger partial charge in [0.15, 0.2) is 0 Å². The number of esters is 2. The third-order valence-electron chi connectivity index (χ3n) is 12.1. The molecular weight excluding hydrogens is 945 g/mol. The van der Waals surface area contributed by atoms with Crippen LogP contribution in [0.15, 0.2) is 116 Å². The average Bonchev–Trinajstić information content (AvgIpc) is 4.10. The number of thioether (sulfide) groups is 2. The van der Waals surface area contributed by atoms with Crippen molar-refractivity contribution in [3.8, 4) is 45.9 Å². The van der Waals surface area contributed by atoms with Gasteiger partial charge in [0.2, 0.25) is 11.8 Å². The summed E-state index contributed by atoms with van der Waals surface area (Å²) in [7, 11) is 0. The first-order chi connectivity index (χ1) is 35.5. The van der Waals surface area contributed by atoms with E-state index in [1.165, 1.54) is 89.9 Å². The zero-order valence-corrected chi connectivity index (χ0v) is 44.1. The lowest BCUT2D eigenvalue weighted by Crippen LogP contribution is -2.08. The first kappa shape index (κ1) is 55.7. The molecule has 12 nitrogen and oxygen atoms in total. The van der Waals surface area contributed by atoms with Gasteiger partial charge in [-0.2, -0.15) is 0 Å². The molecule has 0 aliphatic carbocycles. The minimum atomic E-state index is -0.431. The molecule has 4 aromatic carbocycles. The molecule has 0 N–H and O–H groups in total. The summed E-state index contributed by atoms with van der Waals surface area (Å²) >= 11 is 3.13. The summed E-state index contributed by atoms with van der Waals surface area (Å²) in [6.45, 7) is 5.85. The molecule has 0 bridgehead atoms. The van der Waals surface area contributed by atoms with Gasteiger partial charge in [-0.15, -0.1) is 20.4 Å². The molecule has 0 saturated heterocycles. The molecule has 0 aliphatic rings. The molecule has 6 aromatic rings. The summed E-state index contributed by atoms with van der Waals surface area (Å²) in [4.78, 5) is 25.6. The Hall–Kier alpha value is -5.60. The van der Waals surface area contributed by atoms with Crippen LogP contribution in [-0.4, -0.2) is 57.1 Å². The third kappa shape index (κ3) is 20.9. The maximum absolute atomic E-state index is 12.8. The smallest absolute Gasteiger partial charge is 0.343 e. The number of carbonyl (C=O) groups excluding carboxylic acids is 2. The van der Waals surface area contributed by atoms with Gasteiger partial charge in [-0.05, 0) is 123 Å².